The van der Waals surface area contributed by atoms with Gasteiger partial charge < -0.3 is 0 Å². The van der Waals surface area contributed by atoms with Gasteiger partial charge in [-0.2, -0.15) is 0 Å². The molecule has 2 nitrogen and oxygen atoms in total. The topological polar surface area (TPSA) is 30.0 Å². The number of aldehydes is 1. The maximum Gasteiger partial charge on any atom is 0.150 e. The van der Waals surface area contributed by atoms with E-state index in [4.69, 9.17) is 0 Å². The highest BCUT2D eigenvalue weighted by Gasteiger charge is 2.03. The molecular weight excluding hydrogens is 254 g/mol. The van der Waals surface area contributed by atoms with Gasteiger partial charge in [0.05, 0.1) is 0 Å². The molecule has 1 aromatic carbocycles. The van der Waals surface area contributed by atoms with Gasteiger partial charge in [0, 0.05) is 17.3 Å². The third kappa shape index (κ3) is 2.13. The molecule has 15 heavy (non-hydrogen) atoms. The van der Waals surface area contributed by atoms with E-state index in [1.807, 2.05) is 30.3 Å². The fourth-order valence-electron chi connectivity index (χ4n) is 1.38. The second-order valence-corrected chi connectivity index (χ2v) is 3.84. The van der Waals surface area contributed by atoms with Gasteiger partial charge in [-0.25, -0.2) is 4.98 Å². The fraction of sp³-hybridized carbons (Fsp3) is 0. The van der Waals surface area contributed by atoms with Crippen molar-refractivity contribution in [2.24, 2.45) is 0 Å². The predicted molar refractivity (Wildman–Crippen MR) is 62.8 cm³/mol. The summed E-state index contributed by atoms with van der Waals surface area (Å²) >= 11 is 3.38. The van der Waals surface area contributed by atoms with Crippen LogP contribution in [0, 0.1) is 0 Å². The van der Waals surface area contributed by atoms with Gasteiger partial charge in [-0.05, 0) is 33.6 Å². The van der Waals surface area contributed by atoms with Crippen LogP contribution in [0.4, 0.5) is 0 Å². The lowest BCUT2D eigenvalue weighted by atomic mass is 10.1. The van der Waals surface area contributed by atoms with E-state index >= 15 is 0 Å². The number of benzene rings is 1. The number of hydrogen-bond donors (Lipinski definition) is 0. The summed E-state index contributed by atoms with van der Waals surface area (Å²) in [5.41, 5.74) is 2.64. The van der Waals surface area contributed by atoms with Crippen molar-refractivity contribution in [2.45, 2.75) is 0 Å². The molecule has 0 aliphatic rings. The molecule has 74 valence electrons. The molecule has 0 unspecified atom stereocenters. The minimum absolute atomic E-state index is 0.670. The van der Waals surface area contributed by atoms with Crippen molar-refractivity contribution in [3.05, 3.63) is 52.8 Å². The Kier molecular flexibility index (Phi) is 2.92. The summed E-state index contributed by atoms with van der Waals surface area (Å²) in [5, 5.41) is 0. The minimum Gasteiger partial charge on any atom is -0.298 e. The maximum absolute atomic E-state index is 10.6. The number of carbonyl (C=O) groups is 1. The number of nitrogens with zero attached hydrogens (tertiary/aromatic N) is 1. The first-order valence-corrected chi connectivity index (χ1v) is 5.26. The Labute approximate surface area is 96.1 Å². The molecule has 3 heteroatoms. The number of hydrogen-bond acceptors (Lipinski definition) is 2. The van der Waals surface area contributed by atoms with Crippen LogP contribution in [0.3, 0.4) is 0 Å². The van der Waals surface area contributed by atoms with Gasteiger partial charge in [-0.1, -0.05) is 24.3 Å². The molecule has 0 fully saturated rings. The molecular formula is C12H8BrNO. The lowest BCUT2D eigenvalue weighted by Gasteiger charge is -2.03. The van der Waals surface area contributed by atoms with Crippen molar-refractivity contribution in [1.29, 1.82) is 0 Å². The van der Waals surface area contributed by atoms with Crippen LogP contribution in [-0.2, 0) is 0 Å². The van der Waals surface area contributed by atoms with E-state index in [2.05, 4.69) is 20.9 Å². The van der Waals surface area contributed by atoms with Crippen LogP contribution in [0.25, 0.3) is 11.1 Å². The lowest BCUT2D eigenvalue weighted by Crippen LogP contribution is -1.85. The van der Waals surface area contributed by atoms with E-state index in [0.717, 1.165) is 22.0 Å². The summed E-state index contributed by atoms with van der Waals surface area (Å²) in [6.45, 7) is 0. The molecule has 1 aromatic heterocycles. The van der Waals surface area contributed by atoms with Crippen molar-refractivity contribution in [3.63, 3.8) is 0 Å². The van der Waals surface area contributed by atoms with E-state index in [-0.39, 0.29) is 0 Å². The number of pyridine rings is 1. The third-order valence-electron chi connectivity index (χ3n) is 2.09. The van der Waals surface area contributed by atoms with Crippen LogP contribution in [-0.4, -0.2) is 11.3 Å². The van der Waals surface area contributed by atoms with E-state index in [1.165, 1.54) is 0 Å². The molecule has 0 aliphatic heterocycles. The molecule has 0 amide bonds. The van der Waals surface area contributed by atoms with Crippen LogP contribution in [0.2, 0.25) is 0 Å². The maximum atomic E-state index is 10.6. The van der Waals surface area contributed by atoms with Gasteiger partial charge in [-0.3, -0.25) is 4.79 Å². The van der Waals surface area contributed by atoms with Gasteiger partial charge in [-0.15, -0.1) is 0 Å². The van der Waals surface area contributed by atoms with Crippen molar-refractivity contribution in [2.75, 3.05) is 0 Å². The summed E-state index contributed by atoms with van der Waals surface area (Å²) in [7, 11) is 0. The van der Waals surface area contributed by atoms with E-state index < -0.39 is 0 Å². The number of halogens is 1. The molecule has 2 rings (SSSR count). The fourth-order valence-corrected chi connectivity index (χ4v) is 1.86. The van der Waals surface area contributed by atoms with E-state index in [1.54, 1.807) is 12.3 Å². The molecule has 0 aliphatic carbocycles. The SMILES string of the molecule is O=Cc1cccc(-c2cccnc2Br)c1. The highest BCUT2D eigenvalue weighted by atomic mass is 79.9. The zero-order chi connectivity index (χ0) is 10.7. The third-order valence-corrected chi connectivity index (χ3v) is 2.72. The Morgan fingerprint density at radius 3 is 2.80 bits per heavy atom. The summed E-state index contributed by atoms with van der Waals surface area (Å²) in [6, 6.07) is 11.3. The molecule has 0 saturated carbocycles. The van der Waals surface area contributed by atoms with Crippen LogP contribution in [0.15, 0.2) is 47.2 Å². The zero-order valence-corrected chi connectivity index (χ0v) is 9.44. The first-order valence-electron chi connectivity index (χ1n) is 4.47. The normalized spacial score (nSPS) is 9.93. The van der Waals surface area contributed by atoms with Crippen molar-refractivity contribution < 1.29 is 4.79 Å². The Hall–Kier alpha value is -1.48. The quantitative estimate of drug-likeness (QED) is 0.613. The van der Waals surface area contributed by atoms with Gasteiger partial charge in [0.15, 0.2) is 0 Å². The molecule has 0 radical (unpaired) electrons. The van der Waals surface area contributed by atoms with Gasteiger partial charge in [0.25, 0.3) is 0 Å². The first kappa shape index (κ1) is 10.1. The molecule has 1 heterocycles. The van der Waals surface area contributed by atoms with E-state index in [0.29, 0.717) is 5.56 Å². The van der Waals surface area contributed by atoms with Crippen LogP contribution >= 0.6 is 15.9 Å². The average molecular weight is 262 g/mol. The Bertz CT molecular complexity index is 496. The van der Waals surface area contributed by atoms with Gasteiger partial charge >= 0.3 is 0 Å². The van der Waals surface area contributed by atoms with Crippen LogP contribution in [0.1, 0.15) is 10.4 Å². The summed E-state index contributed by atoms with van der Waals surface area (Å²) in [4.78, 5) is 14.8. The Balaban J connectivity index is 2.54. The first-order chi connectivity index (χ1) is 7.31. The molecule has 0 N–H and O–H groups in total. The second kappa shape index (κ2) is 4.36. The summed E-state index contributed by atoms with van der Waals surface area (Å²) in [6.07, 6.45) is 2.56. The number of carbonyl (C=O) groups excluding carboxylic acids is 1. The van der Waals surface area contributed by atoms with Crippen LogP contribution < -0.4 is 0 Å². The summed E-state index contributed by atoms with van der Waals surface area (Å²) in [5.74, 6) is 0. The zero-order valence-electron chi connectivity index (χ0n) is 7.85. The minimum atomic E-state index is 0.670. The summed E-state index contributed by atoms with van der Waals surface area (Å²) < 4.78 is 0.785. The van der Waals surface area contributed by atoms with Gasteiger partial charge in [0.1, 0.15) is 10.9 Å². The largest absolute Gasteiger partial charge is 0.298 e. The second-order valence-electron chi connectivity index (χ2n) is 3.09. The van der Waals surface area contributed by atoms with Crippen molar-refractivity contribution in [3.8, 4) is 11.1 Å². The smallest absolute Gasteiger partial charge is 0.150 e. The lowest BCUT2D eigenvalue weighted by molar-refractivity contribution is 0.112. The molecule has 0 bridgehead atoms. The highest BCUT2D eigenvalue weighted by Crippen LogP contribution is 2.26. The van der Waals surface area contributed by atoms with Crippen LogP contribution in [0.5, 0.6) is 0 Å². The molecule has 0 spiro atoms. The number of rotatable bonds is 2. The monoisotopic (exact) mass is 261 g/mol. The Morgan fingerprint density at radius 1 is 1.20 bits per heavy atom. The standard InChI is InChI=1S/C12H8BrNO/c13-12-11(5-2-6-14-12)10-4-1-3-9(7-10)8-15/h1-8H. The molecule has 0 atom stereocenters. The molecule has 2 aromatic rings. The highest BCUT2D eigenvalue weighted by molar-refractivity contribution is 9.10. The van der Waals surface area contributed by atoms with E-state index in [9.17, 15) is 4.79 Å². The van der Waals surface area contributed by atoms with Crippen molar-refractivity contribution >= 4 is 22.2 Å². The number of aromatic nitrogens is 1. The van der Waals surface area contributed by atoms with Gasteiger partial charge in [0.2, 0.25) is 0 Å². The Morgan fingerprint density at radius 2 is 2.07 bits per heavy atom. The van der Waals surface area contributed by atoms with Crippen molar-refractivity contribution in [1.82, 2.24) is 4.98 Å². The average Bonchev–Trinajstić information content (AvgIpc) is 2.30. The predicted octanol–water partition coefficient (Wildman–Crippen LogP) is 3.32. The molecule has 0 saturated heterocycles.